The van der Waals surface area contributed by atoms with Crippen LogP contribution in [0.5, 0.6) is 5.75 Å². The molecule has 0 aliphatic heterocycles. The number of hydrogen-bond acceptors (Lipinski definition) is 3. The molecule has 2 rings (SSSR count). The predicted octanol–water partition coefficient (Wildman–Crippen LogP) is 2.48. The van der Waals surface area contributed by atoms with Gasteiger partial charge in [-0.1, -0.05) is 31.9 Å². The lowest BCUT2D eigenvalue weighted by molar-refractivity contribution is -0.128. The zero-order valence-corrected chi connectivity index (χ0v) is 12.2. The van der Waals surface area contributed by atoms with E-state index in [4.69, 9.17) is 5.73 Å². The summed E-state index contributed by atoms with van der Waals surface area (Å²) in [5.41, 5.74) is 6.42. The van der Waals surface area contributed by atoms with Crippen LogP contribution in [0, 0.1) is 5.92 Å². The van der Waals surface area contributed by atoms with Crippen molar-refractivity contribution < 1.29 is 9.90 Å². The minimum atomic E-state index is -0.747. The van der Waals surface area contributed by atoms with E-state index in [1.54, 1.807) is 18.2 Å². The molecule has 0 aromatic heterocycles. The molecule has 4 N–H and O–H groups in total. The van der Waals surface area contributed by atoms with Crippen LogP contribution >= 0.6 is 0 Å². The second kappa shape index (κ2) is 5.83. The minimum absolute atomic E-state index is 0.0834. The molecular weight excluding hydrogens is 252 g/mol. The number of nitrogens with two attached hydrogens (primary N) is 1. The van der Waals surface area contributed by atoms with Crippen molar-refractivity contribution in [2.24, 2.45) is 11.7 Å². The molecule has 20 heavy (non-hydrogen) atoms. The summed E-state index contributed by atoms with van der Waals surface area (Å²) in [5.74, 6) is 0.618. The summed E-state index contributed by atoms with van der Waals surface area (Å²) in [7, 11) is 0. The Hall–Kier alpha value is -1.55. The Kier molecular flexibility index (Phi) is 4.33. The standard InChI is InChI=1S/C16H24N2O2/c1-11-5-4-8-16(17,10-11)15(20)18-12(2)13-6-3-7-14(19)9-13/h3,6-7,9,11-12,19H,4-5,8,10,17H2,1-2H3,(H,18,20). The average molecular weight is 276 g/mol. The molecule has 0 spiro atoms. The number of aromatic hydroxyl groups is 1. The summed E-state index contributed by atoms with van der Waals surface area (Å²) in [6.45, 7) is 4.05. The largest absolute Gasteiger partial charge is 0.508 e. The van der Waals surface area contributed by atoms with Crippen LogP contribution in [0.1, 0.15) is 51.1 Å². The second-order valence-corrected chi connectivity index (χ2v) is 6.15. The molecule has 1 aliphatic rings. The highest BCUT2D eigenvalue weighted by molar-refractivity contribution is 5.86. The van der Waals surface area contributed by atoms with Crippen LogP contribution in [-0.2, 0) is 4.79 Å². The van der Waals surface area contributed by atoms with Gasteiger partial charge < -0.3 is 16.2 Å². The third kappa shape index (κ3) is 3.31. The smallest absolute Gasteiger partial charge is 0.240 e. The van der Waals surface area contributed by atoms with Crippen LogP contribution < -0.4 is 11.1 Å². The van der Waals surface area contributed by atoms with Gasteiger partial charge in [0, 0.05) is 0 Å². The number of nitrogens with one attached hydrogen (secondary N) is 1. The zero-order valence-electron chi connectivity index (χ0n) is 12.2. The monoisotopic (exact) mass is 276 g/mol. The lowest BCUT2D eigenvalue weighted by Gasteiger charge is -2.36. The number of carbonyl (C=O) groups excluding carboxylic acids is 1. The fourth-order valence-corrected chi connectivity index (χ4v) is 3.02. The van der Waals surface area contributed by atoms with Crippen LogP contribution in [0.4, 0.5) is 0 Å². The molecule has 0 radical (unpaired) electrons. The van der Waals surface area contributed by atoms with E-state index in [-0.39, 0.29) is 17.7 Å². The molecule has 1 fully saturated rings. The van der Waals surface area contributed by atoms with Crippen molar-refractivity contribution in [1.82, 2.24) is 5.32 Å². The van der Waals surface area contributed by atoms with Gasteiger partial charge in [-0.3, -0.25) is 4.79 Å². The van der Waals surface area contributed by atoms with E-state index in [0.29, 0.717) is 5.92 Å². The maximum absolute atomic E-state index is 12.4. The predicted molar refractivity (Wildman–Crippen MR) is 79.2 cm³/mol. The van der Waals surface area contributed by atoms with Crippen LogP contribution in [0.2, 0.25) is 0 Å². The fraction of sp³-hybridized carbons (Fsp3) is 0.562. The van der Waals surface area contributed by atoms with Gasteiger partial charge in [-0.2, -0.15) is 0 Å². The third-order valence-corrected chi connectivity index (χ3v) is 4.20. The van der Waals surface area contributed by atoms with Crippen molar-refractivity contribution in [2.45, 2.75) is 51.1 Å². The highest BCUT2D eigenvalue weighted by atomic mass is 16.3. The number of phenols is 1. The first-order valence-corrected chi connectivity index (χ1v) is 7.29. The number of amides is 1. The van der Waals surface area contributed by atoms with Gasteiger partial charge in [-0.25, -0.2) is 0 Å². The molecule has 1 aliphatic carbocycles. The molecule has 4 heteroatoms. The van der Waals surface area contributed by atoms with Crippen LogP contribution in [0.25, 0.3) is 0 Å². The second-order valence-electron chi connectivity index (χ2n) is 6.15. The molecule has 4 nitrogen and oxygen atoms in total. The first-order valence-electron chi connectivity index (χ1n) is 7.29. The van der Waals surface area contributed by atoms with E-state index in [0.717, 1.165) is 31.2 Å². The topological polar surface area (TPSA) is 75.4 Å². The fourth-order valence-electron chi connectivity index (χ4n) is 3.02. The van der Waals surface area contributed by atoms with E-state index in [1.165, 1.54) is 0 Å². The first-order chi connectivity index (χ1) is 9.40. The number of carbonyl (C=O) groups is 1. The molecule has 1 aromatic rings. The van der Waals surface area contributed by atoms with Gasteiger partial charge in [0.2, 0.25) is 5.91 Å². The van der Waals surface area contributed by atoms with Crippen LogP contribution in [0.3, 0.4) is 0 Å². The molecule has 1 aromatic carbocycles. The van der Waals surface area contributed by atoms with Gasteiger partial charge in [0.05, 0.1) is 11.6 Å². The van der Waals surface area contributed by atoms with E-state index in [1.807, 2.05) is 13.0 Å². The molecule has 0 saturated heterocycles. The summed E-state index contributed by atoms with van der Waals surface area (Å²) < 4.78 is 0. The summed E-state index contributed by atoms with van der Waals surface area (Å²) in [6.07, 6.45) is 3.64. The van der Waals surface area contributed by atoms with Crippen LogP contribution in [0.15, 0.2) is 24.3 Å². The van der Waals surface area contributed by atoms with Gasteiger partial charge in [-0.05, 0) is 43.4 Å². The number of rotatable bonds is 3. The summed E-state index contributed by atoms with van der Waals surface area (Å²) >= 11 is 0. The Bertz CT molecular complexity index is 489. The minimum Gasteiger partial charge on any atom is -0.508 e. The Morgan fingerprint density at radius 2 is 2.30 bits per heavy atom. The Morgan fingerprint density at radius 3 is 2.95 bits per heavy atom. The van der Waals surface area contributed by atoms with Gasteiger partial charge in [0.25, 0.3) is 0 Å². The van der Waals surface area contributed by atoms with E-state index >= 15 is 0 Å². The lowest BCUT2D eigenvalue weighted by Crippen LogP contribution is -2.56. The summed E-state index contributed by atoms with van der Waals surface area (Å²) in [4.78, 5) is 12.4. The first kappa shape index (κ1) is 14.9. The molecule has 3 atom stereocenters. The Balaban J connectivity index is 2.03. The molecule has 1 amide bonds. The quantitative estimate of drug-likeness (QED) is 0.794. The summed E-state index contributed by atoms with van der Waals surface area (Å²) in [6, 6.07) is 6.78. The van der Waals surface area contributed by atoms with Gasteiger partial charge in [0.15, 0.2) is 0 Å². The third-order valence-electron chi connectivity index (χ3n) is 4.20. The van der Waals surface area contributed by atoms with Crippen molar-refractivity contribution in [1.29, 1.82) is 0 Å². The van der Waals surface area contributed by atoms with Gasteiger partial charge in [0.1, 0.15) is 5.75 Å². The van der Waals surface area contributed by atoms with Crippen molar-refractivity contribution >= 4 is 5.91 Å². The maximum Gasteiger partial charge on any atom is 0.240 e. The number of benzene rings is 1. The normalized spacial score (nSPS) is 27.9. The van der Waals surface area contributed by atoms with Crippen molar-refractivity contribution in [3.8, 4) is 5.75 Å². The van der Waals surface area contributed by atoms with E-state index < -0.39 is 5.54 Å². The van der Waals surface area contributed by atoms with E-state index in [9.17, 15) is 9.90 Å². The van der Waals surface area contributed by atoms with Crippen LogP contribution in [-0.4, -0.2) is 16.6 Å². The highest BCUT2D eigenvalue weighted by Crippen LogP contribution is 2.31. The van der Waals surface area contributed by atoms with Gasteiger partial charge >= 0.3 is 0 Å². The molecule has 110 valence electrons. The SMILES string of the molecule is CC1CCCC(N)(C(=O)NC(C)c2cccc(O)c2)C1. The van der Waals surface area contributed by atoms with Crippen molar-refractivity contribution in [3.05, 3.63) is 29.8 Å². The highest BCUT2D eigenvalue weighted by Gasteiger charge is 2.38. The molecule has 1 saturated carbocycles. The zero-order chi connectivity index (χ0) is 14.8. The summed E-state index contributed by atoms with van der Waals surface area (Å²) in [5, 5.41) is 12.5. The number of hydrogen-bond donors (Lipinski definition) is 3. The molecule has 0 heterocycles. The molecular formula is C16H24N2O2. The molecule has 3 unspecified atom stereocenters. The van der Waals surface area contributed by atoms with Crippen molar-refractivity contribution in [2.75, 3.05) is 0 Å². The average Bonchev–Trinajstić information content (AvgIpc) is 2.38. The van der Waals surface area contributed by atoms with E-state index in [2.05, 4.69) is 12.2 Å². The molecule has 0 bridgehead atoms. The van der Waals surface area contributed by atoms with Gasteiger partial charge in [-0.15, -0.1) is 0 Å². The maximum atomic E-state index is 12.4. The Labute approximate surface area is 120 Å². The lowest BCUT2D eigenvalue weighted by atomic mass is 9.76. The van der Waals surface area contributed by atoms with Crippen molar-refractivity contribution in [3.63, 3.8) is 0 Å². The Morgan fingerprint density at radius 1 is 1.55 bits per heavy atom. The number of phenolic OH excluding ortho intramolecular Hbond substituents is 1.